The summed E-state index contributed by atoms with van der Waals surface area (Å²) < 4.78 is 49.6. The molecule has 0 fully saturated rings. The molecule has 262 valence electrons. The van der Waals surface area contributed by atoms with Crippen molar-refractivity contribution in [3.8, 4) is 23.0 Å². The zero-order valence-corrected chi connectivity index (χ0v) is 30.9. The summed E-state index contributed by atoms with van der Waals surface area (Å²) >= 11 is 3.31. The van der Waals surface area contributed by atoms with Gasteiger partial charge >= 0.3 is 11.9 Å². The molecule has 0 bridgehead atoms. The van der Waals surface area contributed by atoms with Crippen molar-refractivity contribution in [2.75, 3.05) is 34.0 Å². The second-order valence-electron chi connectivity index (χ2n) is 10.7. The molecule has 5 rings (SSSR count). The Balaban J connectivity index is 1.65. The average molecular weight is 817 g/mol. The molecule has 11 nitrogen and oxygen atoms in total. The molecule has 3 aromatic carbocycles. The molecule has 0 saturated heterocycles. The maximum atomic E-state index is 14.4. The zero-order valence-electron chi connectivity index (χ0n) is 27.9. The third-order valence-electron chi connectivity index (χ3n) is 7.52. The van der Waals surface area contributed by atoms with E-state index in [4.69, 9.17) is 23.7 Å². The van der Waals surface area contributed by atoms with Gasteiger partial charge in [0.15, 0.2) is 34.4 Å². The van der Waals surface area contributed by atoms with Crippen LogP contribution in [0.1, 0.15) is 43.5 Å². The minimum absolute atomic E-state index is 0.117. The molecule has 1 atom stereocenters. The third kappa shape index (κ3) is 8.02. The summed E-state index contributed by atoms with van der Waals surface area (Å²) in [5.41, 5.74) is 2.03. The second-order valence-corrected chi connectivity index (χ2v) is 13.0. The van der Waals surface area contributed by atoms with Crippen LogP contribution in [0.3, 0.4) is 0 Å². The summed E-state index contributed by atoms with van der Waals surface area (Å²) in [7, 11) is 2.78. The molecular weight excluding hydrogens is 782 g/mol. The van der Waals surface area contributed by atoms with Gasteiger partial charge in [-0.05, 0) is 97.0 Å². The van der Waals surface area contributed by atoms with Crippen molar-refractivity contribution in [3.63, 3.8) is 0 Å². The Morgan fingerprint density at radius 3 is 2.42 bits per heavy atom. The minimum Gasteiger partial charge on any atom is -0.493 e. The van der Waals surface area contributed by atoms with Crippen LogP contribution in [0.15, 0.2) is 75.7 Å². The number of halogens is 2. The summed E-state index contributed by atoms with van der Waals surface area (Å²) in [5.74, 6) is -0.0951. The number of carbonyl (C=O) groups is 2. The Morgan fingerprint density at radius 2 is 1.74 bits per heavy atom. The SMILES string of the molecule is CCOC(=O)C1=C(C)N=c2s/c(=C/c3cc(I)cc(OC)c3OCc3ccc(F)cc3)c(=O)n2[C@@H]1c1ccc(OCC(=O)OC)c(OCC)c1. The smallest absolute Gasteiger partial charge is 0.343 e. The summed E-state index contributed by atoms with van der Waals surface area (Å²) in [6.45, 7) is 5.38. The van der Waals surface area contributed by atoms with Crippen molar-refractivity contribution >= 4 is 51.9 Å². The van der Waals surface area contributed by atoms with Gasteiger partial charge in [-0.15, -0.1) is 0 Å². The van der Waals surface area contributed by atoms with Crippen molar-refractivity contribution in [1.82, 2.24) is 4.57 Å². The predicted molar refractivity (Wildman–Crippen MR) is 192 cm³/mol. The predicted octanol–water partition coefficient (Wildman–Crippen LogP) is 5.08. The highest BCUT2D eigenvalue weighted by Crippen LogP contribution is 2.37. The maximum absolute atomic E-state index is 14.4. The van der Waals surface area contributed by atoms with E-state index < -0.39 is 23.5 Å². The van der Waals surface area contributed by atoms with Crippen LogP contribution in [-0.2, 0) is 25.7 Å². The number of aromatic nitrogens is 1. The van der Waals surface area contributed by atoms with Gasteiger partial charge in [-0.2, -0.15) is 0 Å². The average Bonchev–Trinajstić information content (AvgIpc) is 3.40. The number of carbonyl (C=O) groups excluding carboxylic acids is 2. The molecule has 1 aliphatic rings. The van der Waals surface area contributed by atoms with Gasteiger partial charge in [0.2, 0.25) is 0 Å². The van der Waals surface area contributed by atoms with Crippen LogP contribution in [0.5, 0.6) is 23.0 Å². The molecule has 0 unspecified atom stereocenters. The molecule has 4 aromatic rings. The fraction of sp³-hybridized carbons (Fsp3) is 0.278. The maximum Gasteiger partial charge on any atom is 0.343 e. The van der Waals surface area contributed by atoms with Gasteiger partial charge in [0.05, 0.1) is 49.3 Å². The number of allylic oxidation sites excluding steroid dienone is 1. The molecule has 0 spiro atoms. The van der Waals surface area contributed by atoms with Crippen LogP contribution in [-0.4, -0.2) is 50.5 Å². The van der Waals surface area contributed by atoms with Gasteiger partial charge in [-0.25, -0.2) is 19.0 Å². The van der Waals surface area contributed by atoms with Crippen molar-refractivity contribution in [3.05, 3.63) is 112 Å². The molecule has 1 aliphatic heterocycles. The monoisotopic (exact) mass is 816 g/mol. The standard InChI is InChI=1S/C36H34FIN2O9S/c1-6-46-27-15-22(10-13-26(27)48-19-30(41)45-5)32-31(35(43)47-7-2)20(3)39-36-40(32)34(42)29(50-36)16-23-14-25(38)17-28(44-4)33(23)49-18-21-8-11-24(37)12-9-21/h8-17,32H,6-7,18-19H2,1-5H3/b29-16+/t32-/m1/s1. The lowest BCUT2D eigenvalue weighted by Crippen LogP contribution is -2.40. The number of nitrogens with zero attached hydrogens (tertiary/aromatic N) is 2. The zero-order chi connectivity index (χ0) is 35.9. The van der Waals surface area contributed by atoms with E-state index in [-0.39, 0.29) is 43.6 Å². The first-order chi connectivity index (χ1) is 24.1. The molecule has 1 aromatic heterocycles. The van der Waals surface area contributed by atoms with Gasteiger partial charge in [0, 0.05) is 9.13 Å². The molecule has 0 N–H and O–H groups in total. The number of fused-ring (bicyclic) bond motifs is 1. The van der Waals surface area contributed by atoms with E-state index in [1.54, 1.807) is 57.2 Å². The normalized spacial score (nSPS) is 14.1. The van der Waals surface area contributed by atoms with Gasteiger partial charge < -0.3 is 28.4 Å². The number of hydrogen-bond donors (Lipinski definition) is 0. The van der Waals surface area contributed by atoms with Crippen molar-refractivity contribution in [1.29, 1.82) is 0 Å². The van der Waals surface area contributed by atoms with E-state index in [0.717, 1.165) is 20.5 Å². The molecule has 2 heterocycles. The number of esters is 2. The Kier molecular flexibility index (Phi) is 12.0. The topological polar surface area (TPSA) is 124 Å². The van der Waals surface area contributed by atoms with E-state index in [0.29, 0.717) is 43.4 Å². The minimum atomic E-state index is -0.930. The Labute approximate surface area is 304 Å². The van der Waals surface area contributed by atoms with Crippen LogP contribution in [0.4, 0.5) is 4.39 Å². The second kappa shape index (κ2) is 16.3. The van der Waals surface area contributed by atoms with E-state index in [1.807, 2.05) is 12.1 Å². The quantitative estimate of drug-likeness (QED) is 0.134. The van der Waals surface area contributed by atoms with Crippen molar-refractivity contribution < 1.29 is 42.4 Å². The van der Waals surface area contributed by atoms with Gasteiger partial charge in [-0.3, -0.25) is 9.36 Å². The largest absolute Gasteiger partial charge is 0.493 e. The lowest BCUT2D eigenvalue weighted by molar-refractivity contribution is -0.143. The van der Waals surface area contributed by atoms with Gasteiger partial charge in [0.1, 0.15) is 12.4 Å². The number of thiazole rings is 1. The van der Waals surface area contributed by atoms with E-state index in [2.05, 4.69) is 32.3 Å². The summed E-state index contributed by atoms with van der Waals surface area (Å²) in [6.07, 6.45) is 1.70. The van der Waals surface area contributed by atoms with Crippen molar-refractivity contribution in [2.45, 2.75) is 33.4 Å². The first-order valence-corrected chi connectivity index (χ1v) is 17.4. The molecule has 0 amide bonds. The Hall–Kier alpha value is -4.70. The molecule has 0 saturated carbocycles. The highest BCUT2D eigenvalue weighted by Gasteiger charge is 2.34. The number of ether oxygens (including phenoxy) is 6. The van der Waals surface area contributed by atoms with Crippen LogP contribution in [0, 0.1) is 9.39 Å². The lowest BCUT2D eigenvalue weighted by Gasteiger charge is -2.25. The fourth-order valence-electron chi connectivity index (χ4n) is 5.26. The number of hydrogen-bond acceptors (Lipinski definition) is 11. The fourth-order valence-corrected chi connectivity index (χ4v) is 6.92. The van der Waals surface area contributed by atoms with E-state index >= 15 is 0 Å². The Bertz CT molecular complexity index is 2130. The molecule has 50 heavy (non-hydrogen) atoms. The Morgan fingerprint density at radius 1 is 0.980 bits per heavy atom. The molecule has 14 heteroatoms. The molecular formula is C36H34FIN2O9S. The lowest BCUT2D eigenvalue weighted by atomic mass is 9.95. The highest BCUT2D eigenvalue weighted by atomic mass is 127. The van der Waals surface area contributed by atoms with E-state index in [9.17, 15) is 18.8 Å². The number of rotatable bonds is 13. The number of benzene rings is 3. The molecule has 0 aliphatic carbocycles. The van der Waals surface area contributed by atoms with Gasteiger partial charge in [-0.1, -0.05) is 29.5 Å². The van der Waals surface area contributed by atoms with Crippen LogP contribution in [0.25, 0.3) is 6.08 Å². The first kappa shape index (κ1) is 36.6. The van der Waals surface area contributed by atoms with Crippen LogP contribution < -0.4 is 33.8 Å². The molecule has 0 radical (unpaired) electrons. The summed E-state index contributed by atoms with van der Waals surface area (Å²) in [5, 5.41) is 0. The van der Waals surface area contributed by atoms with E-state index in [1.165, 1.54) is 30.9 Å². The van der Waals surface area contributed by atoms with Crippen LogP contribution in [0.2, 0.25) is 0 Å². The number of methoxy groups -OCH3 is 2. The summed E-state index contributed by atoms with van der Waals surface area (Å²) in [6, 6.07) is 13.7. The third-order valence-corrected chi connectivity index (χ3v) is 9.13. The van der Waals surface area contributed by atoms with Crippen molar-refractivity contribution in [2.24, 2.45) is 4.99 Å². The summed E-state index contributed by atoms with van der Waals surface area (Å²) in [4.78, 5) is 44.6. The van der Waals surface area contributed by atoms with Crippen LogP contribution >= 0.6 is 33.9 Å². The van der Waals surface area contributed by atoms with Gasteiger partial charge in [0.25, 0.3) is 5.56 Å². The first-order valence-electron chi connectivity index (χ1n) is 15.5. The highest BCUT2D eigenvalue weighted by molar-refractivity contribution is 14.1.